The molecule has 19 heavy (non-hydrogen) atoms. The van der Waals surface area contributed by atoms with Gasteiger partial charge >= 0.3 is 0 Å². The van der Waals surface area contributed by atoms with Crippen LogP contribution in [0.5, 0.6) is 0 Å². The van der Waals surface area contributed by atoms with E-state index in [0.29, 0.717) is 0 Å². The molecule has 102 valence electrons. The van der Waals surface area contributed by atoms with E-state index in [4.69, 9.17) is 4.42 Å². The summed E-state index contributed by atoms with van der Waals surface area (Å²) >= 11 is 1.89. The van der Waals surface area contributed by atoms with Gasteiger partial charge in [0, 0.05) is 30.1 Å². The monoisotopic (exact) mass is 276 g/mol. The molecule has 0 aliphatic carbocycles. The van der Waals surface area contributed by atoms with E-state index in [0.717, 1.165) is 37.7 Å². The average Bonchev–Trinajstić information content (AvgIpc) is 2.97. The number of rotatable bonds is 4. The van der Waals surface area contributed by atoms with E-state index in [9.17, 15) is 0 Å². The summed E-state index contributed by atoms with van der Waals surface area (Å²) in [6, 6.07) is 4.45. The summed E-state index contributed by atoms with van der Waals surface area (Å²) in [5.74, 6) is 2.09. The molecular weight excluding hydrogens is 256 g/mol. The SMILES string of the molecule is CNCc1cc(CN2CCc3sccc3C2)c(C)o1. The molecule has 2 aromatic heterocycles. The second-order valence-corrected chi connectivity index (χ2v) is 6.15. The molecular formula is C15H20N2OS. The number of nitrogens with one attached hydrogen (secondary N) is 1. The van der Waals surface area contributed by atoms with Crippen LogP contribution < -0.4 is 5.32 Å². The Morgan fingerprint density at radius 3 is 3.21 bits per heavy atom. The average molecular weight is 276 g/mol. The number of hydrogen-bond acceptors (Lipinski definition) is 4. The van der Waals surface area contributed by atoms with Gasteiger partial charge in [-0.2, -0.15) is 0 Å². The zero-order valence-corrected chi connectivity index (χ0v) is 12.3. The summed E-state index contributed by atoms with van der Waals surface area (Å²) in [6.45, 7) is 6.09. The standard InChI is InChI=1S/C15H20N2OS/c1-11-13(7-14(18-11)8-16-2)10-17-5-3-15-12(9-17)4-6-19-15/h4,6-7,16H,3,5,8-10H2,1-2H3. The fourth-order valence-corrected chi connectivity index (χ4v) is 3.58. The first-order valence-electron chi connectivity index (χ1n) is 6.76. The second-order valence-electron chi connectivity index (χ2n) is 5.15. The van der Waals surface area contributed by atoms with E-state index >= 15 is 0 Å². The Labute approximate surface area is 118 Å². The number of hydrogen-bond donors (Lipinski definition) is 1. The molecule has 0 spiro atoms. The minimum Gasteiger partial charge on any atom is -0.465 e. The van der Waals surface area contributed by atoms with Crippen LogP contribution in [0.1, 0.15) is 27.5 Å². The van der Waals surface area contributed by atoms with Crippen LogP contribution in [0.2, 0.25) is 0 Å². The minimum absolute atomic E-state index is 0.801. The molecule has 3 rings (SSSR count). The third kappa shape index (κ3) is 2.76. The van der Waals surface area contributed by atoms with Crippen molar-refractivity contribution in [3.63, 3.8) is 0 Å². The number of nitrogens with zero attached hydrogens (tertiary/aromatic N) is 1. The maximum absolute atomic E-state index is 5.76. The van der Waals surface area contributed by atoms with Gasteiger partial charge < -0.3 is 9.73 Å². The van der Waals surface area contributed by atoms with Crippen molar-refractivity contribution in [2.24, 2.45) is 0 Å². The molecule has 3 nitrogen and oxygen atoms in total. The molecule has 0 amide bonds. The first-order valence-corrected chi connectivity index (χ1v) is 7.64. The Kier molecular flexibility index (Phi) is 3.73. The van der Waals surface area contributed by atoms with Gasteiger partial charge in [0.1, 0.15) is 11.5 Å². The van der Waals surface area contributed by atoms with E-state index in [1.807, 2.05) is 18.4 Å². The largest absolute Gasteiger partial charge is 0.465 e. The van der Waals surface area contributed by atoms with Crippen molar-refractivity contribution in [3.8, 4) is 0 Å². The van der Waals surface area contributed by atoms with Crippen molar-refractivity contribution in [1.82, 2.24) is 10.2 Å². The third-order valence-electron chi connectivity index (χ3n) is 3.70. The highest BCUT2D eigenvalue weighted by molar-refractivity contribution is 7.10. The predicted molar refractivity (Wildman–Crippen MR) is 78.3 cm³/mol. The zero-order chi connectivity index (χ0) is 13.2. The summed E-state index contributed by atoms with van der Waals surface area (Å²) in [4.78, 5) is 4.08. The molecule has 0 saturated carbocycles. The van der Waals surface area contributed by atoms with E-state index in [-0.39, 0.29) is 0 Å². The van der Waals surface area contributed by atoms with Gasteiger partial charge in [-0.05, 0) is 43.5 Å². The molecule has 1 N–H and O–H groups in total. The number of thiophene rings is 1. The highest BCUT2D eigenvalue weighted by Gasteiger charge is 2.18. The summed E-state index contributed by atoms with van der Waals surface area (Å²) in [6.07, 6.45) is 1.19. The summed E-state index contributed by atoms with van der Waals surface area (Å²) < 4.78 is 5.76. The lowest BCUT2D eigenvalue weighted by Crippen LogP contribution is -2.29. The van der Waals surface area contributed by atoms with Crippen LogP contribution in [0.15, 0.2) is 21.9 Å². The van der Waals surface area contributed by atoms with E-state index < -0.39 is 0 Å². The maximum Gasteiger partial charge on any atom is 0.118 e. The van der Waals surface area contributed by atoms with Crippen LogP contribution >= 0.6 is 11.3 Å². The van der Waals surface area contributed by atoms with Crippen LogP contribution in [-0.2, 0) is 26.1 Å². The van der Waals surface area contributed by atoms with Gasteiger partial charge in [-0.15, -0.1) is 11.3 Å². The van der Waals surface area contributed by atoms with Crippen molar-refractivity contribution < 1.29 is 4.42 Å². The van der Waals surface area contributed by atoms with Crippen molar-refractivity contribution in [2.45, 2.75) is 33.0 Å². The smallest absolute Gasteiger partial charge is 0.118 e. The van der Waals surface area contributed by atoms with Crippen molar-refractivity contribution in [3.05, 3.63) is 45.0 Å². The molecule has 0 aromatic carbocycles. The second kappa shape index (κ2) is 5.49. The number of furan rings is 1. The van der Waals surface area contributed by atoms with Crippen LogP contribution in [0, 0.1) is 6.92 Å². The Balaban J connectivity index is 1.69. The van der Waals surface area contributed by atoms with Crippen LogP contribution in [-0.4, -0.2) is 18.5 Å². The lowest BCUT2D eigenvalue weighted by atomic mass is 10.1. The number of aryl methyl sites for hydroxylation is 1. The van der Waals surface area contributed by atoms with Gasteiger partial charge in [0.2, 0.25) is 0 Å². The molecule has 0 saturated heterocycles. The Bertz CT molecular complexity index is 558. The Hall–Kier alpha value is -1.10. The number of fused-ring (bicyclic) bond motifs is 1. The Morgan fingerprint density at radius 2 is 2.37 bits per heavy atom. The molecule has 0 fully saturated rings. The van der Waals surface area contributed by atoms with Crippen LogP contribution in [0.3, 0.4) is 0 Å². The van der Waals surface area contributed by atoms with Gasteiger partial charge in [0.25, 0.3) is 0 Å². The quantitative estimate of drug-likeness (QED) is 0.930. The van der Waals surface area contributed by atoms with Crippen molar-refractivity contribution in [1.29, 1.82) is 0 Å². The molecule has 1 aliphatic heterocycles. The summed E-state index contributed by atoms with van der Waals surface area (Å²) in [5, 5.41) is 5.34. The predicted octanol–water partition coefficient (Wildman–Crippen LogP) is 2.93. The molecule has 0 bridgehead atoms. The lowest BCUT2D eigenvalue weighted by molar-refractivity contribution is 0.246. The third-order valence-corrected chi connectivity index (χ3v) is 4.73. The van der Waals surface area contributed by atoms with Crippen molar-refractivity contribution in [2.75, 3.05) is 13.6 Å². The molecule has 4 heteroatoms. The molecule has 1 aliphatic rings. The fraction of sp³-hybridized carbons (Fsp3) is 0.467. The fourth-order valence-electron chi connectivity index (χ4n) is 2.69. The maximum atomic E-state index is 5.76. The summed E-state index contributed by atoms with van der Waals surface area (Å²) in [5.41, 5.74) is 2.83. The van der Waals surface area contributed by atoms with Gasteiger partial charge in [-0.25, -0.2) is 0 Å². The lowest BCUT2D eigenvalue weighted by Gasteiger charge is -2.26. The van der Waals surface area contributed by atoms with Gasteiger partial charge in [0.05, 0.1) is 6.54 Å². The normalized spacial score (nSPS) is 15.7. The van der Waals surface area contributed by atoms with E-state index in [2.05, 4.69) is 34.7 Å². The first kappa shape index (κ1) is 12.9. The Morgan fingerprint density at radius 1 is 1.47 bits per heavy atom. The van der Waals surface area contributed by atoms with Gasteiger partial charge in [0.15, 0.2) is 0 Å². The van der Waals surface area contributed by atoms with E-state index in [1.165, 1.54) is 17.5 Å². The molecule has 3 heterocycles. The van der Waals surface area contributed by atoms with Crippen LogP contribution in [0.25, 0.3) is 0 Å². The molecule has 0 radical (unpaired) electrons. The minimum atomic E-state index is 0.801. The summed E-state index contributed by atoms with van der Waals surface area (Å²) in [7, 11) is 1.94. The first-order chi connectivity index (χ1) is 9.26. The topological polar surface area (TPSA) is 28.4 Å². The van der Waals surface area contributed by atoms with Gasteiger partial charge in [-0.3, -0.25) is 4.90 Å². The highest BCUT2D eigenvalue weighted by Crippen LogP contribution is 2.26. The molecule has 0 unspecified atom stereocenters. The zero-order valence-electron chi connectivity index (χ0n) is 11.5. The molecule has 0 atom stereocenters. The molecule has 2 aromatic rings. The van der Waals surface area contributed by atoms with Gasteiger partial charge in [-0.1, -0.05) is 0 Å². The van der Waals surface area contributed by atoms with Crippen molar-refractivity contribution >= 4 is 11.3 Å². The highest BCUT2D eigenvalue weighted by atomic mass is 32.1. The van der Waals surface area contributed by atoms with Crippen LogP contribution in [0.4, 0.5) is 0 Å². The van der Waals surface area contributed by atoms with E-state index in [1.54, 1.807) is 4.88 Å².